The van der Waals surface area contributed by atoms with Crippen LogP contribution in [0, 0.1) is 19.8 Å². The summed E-state index contributed by atoms with van der Waals surface area (Å²) in [5.41, 5.74) is 3.40. The Balaban J connectivity index is 1.66. The number of amides is 1. The van der Waals surface area contributed by atoms with Crippen LogP contribution in [0.3, 0.4) is 0 Å². The molecule has 1 aliphatic carbocycles. The molecule has 1 aliphatic rings. The summed E-state index contributed by atoms with van der Waals surface area (Å²) in [5.74, 6) is 0.480. The van der Waals surface area contributed by atoms with Gasteiger partial charge < -0.3 is 14.9 Å². The van der Waals surface area contributed by atoms with Crippen molar-refractivity contribution in [3.05, 3.63) is 57.3 Å². The van der Waals surface area contributed by atoms with Gasteiger partial charge in [0.15, 0.2) is 0 Å². The van der Waals surface area contributed by atoms with E-state index in [0.29, 0.717) is 35.7 Å². The maximum absolute atomic E-state index is 13.4. The van der Waals surface area contributed by atoms with E-state index in [9.17, 15) is 14.4 Å². The van der Waals surface area contributed by atoms with E-state index in [1.807, 2.05) is 38.3 Å². The number of carbonyl (C=O) groups excluding carboxylic acids is 2. The zero-order valence-corrected chi connectivity index (χ0v) is 20.3. The van der Waals surface area contributed by atoms with Crippen LogP contribution in [0.5, 0.6) is 0 Å². The maximum Gasteiger partial charge on any atom is 0.254 e. The van der Waals surface area contributed by atoms with Gasteiger partial charge >= 0.3 is 0 Å². The number of nitrogens with one attached hydrogen (secondary N) is 2. The van der Waals surface area contributed by atoms with E-state index in [1.165, 1.54) is 11.8 Å². The van der Waals surface area contributed by atoms with Gasteiger partial charge in [0.1, 0.15) is 11.4 Å². The van der Waals surface area contributed by atoms with Gasteiger partial charge in [-0.3, -0.25) is 14.4 Å². The van der Waals surface area contributed by atoms with Gasteiger partial charge in [0.25, 0.3) is 11.5 Å². The monoisotopic (exact) mass is 466 g/mol. The van der Waals surface area contributed by atoms with Crippen molar-refractivity contribution in [2.45, 2.75) is 63.9 Å². The third-order valence-corrected chi connectivity index (χ3v) is 7.59. The number of thioether (sulfide) groups is 1. The number of aromatic nitrogens is 3. The van der Waals surface area contributed by atoms with E-state index in [-0.39, 0.29) is 24.1 Å². The molecular weight excluding hydrogens is 436 g/mol. The molecule has 8 heteroatoms. The number of aryl methyl sites for hydroxylation is 1. The Labute approximate surface area is 197 Å². The molecule has 7 nitrogen and oxygen atoms in total. The molecule has 1 saturated carbocycles. The highest BCUT2D eigenvalue weighted by Gasteiger charge is 2.29. The second-order valence-corrected chi connectivity index (χ2v) is 9.68. The molecule has 0 aromatic carbocycles. The van der Waals surface area contributed by atoms with Crippen molar-refractivity contribution in [2.24, 2.45) is 5.92 Å². The molecule has 1 amide bonds. The van der Waals surface area contributed by atoms with Crippen LogP contribution in [0.4, 0.5) is 0 Å². The Hall–Kier alpha value is -2.87. The lowest BCUT2D eigenvalue weighted by Gasteiger charge is -2.29. The lowest BCUT2D eigenvalue weighted by molar-refractivity contribution is -0.121. The van der Waals surface area contributed by atoms with Crippen LogP contribution in [0.1, 0.15) is 66.0 Å². The Kier molecular flexibility index (Phi) is 6.74. The van der Waals surface area contributed by atoms with Crippen LogP contribution in [0.15, 0.2) is 34.1 Å². The topological polar surface area (TPSA) is 96.9 Å². The number of ketones is 1. The summed E-state index contributed by atoms with van der Waals surface area (Å²) >= 11 is 1.49. The third-order valence-electron chi connectivity index (χ3n) is 6.79. The Morgan fingerprint density at radius 3 is 2.73 bits per heavy atom. The van der Waals surface area contributed by atoms with Crippen molar-refractivity contribution in [1.29, 1.82) is 0 Å². The van der Waals surface area contributed by atoms with Crippen LogP contribution in [0.25, 0.3) is 11.0 Å². The summed E-state index contributed by atoms with van der Waals surface area (Å²) in [6, 6.07) is 5.80. The van der Waals surface area contributed by atoms with Crippen LogP contribution < -0.4 is 10.9 Å². The van der Waals surface area contributed by atoms with Gasteiger partial charge in [-0.1, -0.05) is 0 Å². The highest BCUT2D eigenvalue weighted by Crippen LogP contribution is 2.36. The van der Waals surface area contributed by atoms with E-state index < -0.39 is 0 Å². The molecule has 1 unspecified atom stereocenters. The molecule has 0 radical (unpaired) electrons. The minimum Gasteiger partial charge on any atom is -0.348 e. The first-order valence-corrected chi connectivity index (χ1v) is 12.6. The van der Waals surface area contributed by atoms with Gasteiger partial charge in [-0.2, -0.15) is 0 Å². The van der Waals surface area contributed by atoms with Gasteiger partial charge in [0.05, 0.1) is 5.56 Å². The number of fused-ring (bicyclic) bond motifs is 1. The normalized spacial score (nSPS) is 15.7. The zero-order valence-electron chi connectivity index (χ0n) is 19.5. The van der Waals surface area contributed by atoms with E-state index in [1.54, 1.807) is 6.20 Å². The molecule has 0 aliphatic heterocycles. The Morgan fingerprint density at radius 1 is 1.30 bits per heavy atom. The number of H-pyrrole nitrogens is 1. The first-order valence-electron chi connectivity index (χ1n) is 11.3. The van der Waals surface area contributed by atoms with Crippen LogP contribution in [-0.4, -0.2) is 32.5 Å². The summed E-state index contributed by atoms with van der Waals surface area (Å²) in [4.78, 5) is 45.9. The van der Waals surface area contributed by atoms with Gasteiger partial charge in [0, 0.05) is 58.9 Å². The van der Waals surface area contributed by atoms with E-state index in [0.717, 1.165) is 40.2 Å². The fraction of sp³-hybridized carbons (Fsp3) is 0.440. The van der Waals surface area contributed by atoms with Crippen LogP contribution in [0.2, 0.25) is 0 Å². The van der Waals surface area contributed by atoms with Gasteiger partial charge in [-0.25, -0.2) is 4.98 Å². The Morgan fingerprint density at radius 2 is 2.03 bits per heavy atom. The third kappa shape index (κ3) is 4.49. The van der Waals surface area contributed by atoms with Gasteiger partial charge in [-0.05, 0) is 64.0 Å². The van der Waals surface area contributed by atoms with Gasteiger partial charge in [0.2, 0.25) is 0 Å². The fourth-order valence-electron chi connectivity index (χ4n) is 4.99. The number of nitrogens with zero attached hydrogens (tertiary/aromatic N) is 2. The molecule has 1 fully saturated rings. The minimum absolute atomic E-state index is 0.125. The van der Waals surface area contributed by atoms with Crippen molar-refractivity contribution < 1.29 is 9.59 Å². The van der Waals surface area contributed by atoms with E-state index in [2.05, 4.69) is 26.8 Å². The van der Waals surface area contributed by atoms with E-state index >= 15 is 0 Å². The summed E-state index contributed by atoms with van der Waals surface area (Å²) in [7, 11) is 0. The van der Waals surface area contributed by atoms with E-state index in [4.69, 9.17) is 0 Å². The molecule has 4 rings (SSSR count). The minimum atomic E-state index is -0.220. The van der Waals surface area contributed by atoms with Crippen LogP contribution >= 0.6 is 11.8 Å². The number of pyridine rings is 2. The second-order valence-electron chi connectivity index (χ2n) is 8.83. The number of hydrogen-bond donors (Lipinski definition) is 2. The lowest BCUT2D eigenvalue weighted by atomic mass is 9.84. The predicted molar refractivity (Wildman–Crippen MR) is 131 cm³/mol. The fourth-order valence-corrected chi connectivity index (χ4v) is 5.70. The summed E-state index contributed by atoms with van der Waals surface area (Å²) < 4.78 is 2.15. The highest BCUT2D eigenvalue weighted by atomic mass is 32.2. The first kappa shape index (κ1) is 23.3. The standard InChI is InChI=1S/C25H30N4O3S/c1-14-12-21(33-4)20(24(31)28-14)13-27-25(32)22-16(3)29(23-19(22)6-5-11-26-23)15(2)17-7-9-18(30)10-8-17/h5-6,11-12,15,17H,7-10,13H2,1-4H3,(H,27,32)(H,28,31). The lowest BCUT2D eigenvalue weighted by Crippen LogP contribution is -2.28. The highest BCUT2D eigenvalue weighted by molar-refractivity contribution is 7.98. The van der Waals surface area contributed by atoms with Crippen molar-refractivity contribution >= 4 is 34.5 Å². The van der Waals surface area contributed by atoms with Crippen molar-refractivity contribution in [3.63, 3.8) is 0 Å². The summed E-state index contributed by atoms with van der Waals surface area (Å²) in [6.07, 6.45) is 6.63. The second kappa shape index (κ2) is 9.55. The number of carbonyl (C=O) groups is 2. The molecule has 174 valence electrons. The molecule has 33 heavy (non-hydrogen) atoms. The molecule has 3 aromatic rings. The average Bonchev–Trinajstić information content (AvgIpc) is 3.09. The number of rotatable bonds is 6. The molecule has 0 bridgehead atoms. The summed E-state index contributed by atoms with van der Waals surface area (Å²) in [5, 5.41) is 3.76. The molecular formula is C25H30N4O3S. The van der Waals surface area contributed by atoms with Crippen molar-refractivity contribution in [3.8, 4) is 0 Å². The SMILES string of the molecule is CSc1cc(C)[nH]c(=O)c1CNC(=O)c1c(C)n(C(C)C2CCC(=O)CC2)c2ncccc12. The number of hydrogen-bond acceptors (Lipinski definition) is 5. The molecule has 3 aromatic heterocycles. The maximum atomic E-state index is 13.4. The number of aromatic amines is 1. The molecule has 0 saturated heterocycles. The smallest absolute Gasteiger partial charge is 0.254 e. The van der Waals surface area contributed by atoms with Crippen molar-refractivity contribution in [1.82, 2.24) is 19.9 Å². The Bertz CT molecular complexity index is 1270. The average molecular weight is 467 g/mol. The van der Waals surface area contributed by atoms with Crippen molar-refractivity contribution in [2.75, 3.05) is 6.26 Å². The van der Waals surface area contributed by atoms with Crippen LogP contribution in [-0.2, 0) is 11.3 Å². The predicted octanol–water partition coefficient (Wildman–Crippen LogP) is 4.31. The molecule has 1 atom stereocenters. The zero-order chi connectivity index (χ0) is 23.7. The first-order chi connectivity index (χ1) is 15.8. The van der Waals surface area contributed by atoms with Gasteiger partial charge in [-0.15, -0.1) is 11.8 Å². The molecule has 3 heterocycles. The molecule has 0 spiro atoms. The summed E-state index contributed by atoms with van der Waals surface area (Å²) in [6.45, 7) is 6.10. The quantitative estimate of drug-likeness (QED) is 0.528. The largest absolute Gasteiger partial charge is 0.348 e. The molecule has 2 N–H and O–H groups in total. The number of Topliss-reactive ketones (excluding diaryl/α,β-unsaturated/α-hetero) is 1.